The molecule has 0 unspecified atom stereocenters. The van der Waals surface area contributed by atoms with Crippen LogP contribution in [0.1, 0.15) is 28.8 Å². The lowest BCUT2D eigenvalue weighted by Gasteiger charge is -2.13. The maximum atomic E-state index is 13.7. The Kier molecular flexibility index (Phi) is 7.24. The molecule has 0 radical (unpaired) electrons. The number of fused-ring (bicyclic) bond motifs is 3. The van der Waals surface area contributed by atoms with Crippen molar-refractivity contribution in [2.45, 2.75) is 30.8 Å². The van der Waals surface area contributed by atoms with Crippen molar-refractivity contribution in [2.24, 2.45) is 5.10 Å². The van der Waals surface area contributed by atoms with Gasteiger partial charge in [-0.25, -0.2) is 10.4 Å². The maximum absolute atomic E-state index is 13.7. The summed E-state index contributed by atoms with van der Waals surface area (Å²) in [6.45, 7) is 0. The molecule has 0 fully saturated rings. The number of benzene rings is 2. The van der Waals surface area contributed by atoms with Gasteiger partial charge in [0.1, 0.15) is 4.83 Å². The Morgan fingerprint density at radius 3 is 2.71 bits per heavy atom. The Morgan fingerprint density at radius 1 is 1.14 bits per heavy atom. The van der Waals surface area contributed by atoms with Crippen LogP contribution in [0.4, 0.5) is 0 Å². The van der Waals surface area contributed by atoms with Gasteiger partial charge < -0.3 is 0 Å². The van der Waals surface area contributed by atoms with Crippen molar-refractivity contribution >= 4 is 68.6 Å². The van der Waals surface area contributed by atoms with Gasteiger partial charge in [0.25, 0.3) is 11.5 Å². The van der Waals surface area contributed by atoms with Gasteiger partial charge in [-0.2, -0.15) is 5.10 Å². The average Bonchev–Trinajstić information content (AvgIpc) is 3.23. The van der Waals surface area contributed by atoms with Gasteiger partial charge in [0.15, 0.2) is 5.16 Å². The first-order valence-electron chi connectivity index (χ1n) is 11.0. The number of halogens is 2. The summed E-state index contributed by atoms with van der Waals surface area (Å²) in [5.74, 6) is -0.281. The van der Waals surface area contributed by atoms with Crippen molar-refractivity contribution in [3.05, 3.63) is 84.9 Å². The van der Waals surface area contributed by atoms with Crippen LogP contribution < -0.4 is 11.0 Å². The van der Waals surface area contributed by atoms with Gasteiger partial charge in [0.2, 0.25) is 0 Å². The van der Waals surface area contributed by atoms with Gasteiger partial charge in [-0.05, 0) is 61.6 Å². The van der Waals surface area contributed by atoms with Gasteiger partial charge in [-0.1, -0.05) is 53.2 Å². The van der Waals surface area contributed by atoms with E-state index in [-0.39, 0.29) is 17.2 Å². The van der Waals surface area contributed by atoms with E-state index in [1.165, 1.54) is 22.9 Å². The zero-order valence-corrected chi connectivity index (χ0v) is 21.6. The average molecular weight is 544 g/mol. The lowest BCUT2D eigenvalue weighted by Crippen LogP contribution is -2.24. The second kappa shape index (κ2) is 10.5. The SMILES string of the molecule is O=C(CSc1nc2sc3c(c2c(=O)n1-c1ccc(Cl)cc1)CCCC3)NN=Cc1ccccc1Cl. The number of thioether (sulfide) groups is 1. The number of nitrogens with one attached hydrogen (secondary N) is 1. The van der Waals surface area contributed by atoms with Gasteiger partial charge >= 0.3 is 0 Å². The molecule has 2 heterocycles. The molecule has 0 aliphatic heterocycles. The van der Waals surface area contributed by atoms with E-state index in [0.29, 0.717) is 31.8 Å². The predicted molar refractivity (Wildman–Crippen MR) is 145 cm³/mol. The minimum absolute atomic E-state index is 0.0382. The summed E-state index contributed by atoms with van der Waals surface area (Å²) in [5, 5.41) is 6.26. The quantitative estimate of drug-likeness (QED) is 0.143. The normalized spacial score (nSPS) is 13.3. The Morgan fingerprint density at radius 2 is 1.91 bits per heavy atom. The third-order valence-electron chi connectivity index (χ3n) is 5.67. The maximum Gasteiger partial charge on any atom is 0.267 e. The van der Waals surface area contributed by atoms with Gasteiger partial charge in [0, 0.05) is 20.5 Å². The molecule has 1 amide bonds. The van der Waals surface area contributed by atoms with Gasteiger partial charge in [-0.15, -0.1) is 11.3 Å². The second-order valence-electron chi connectivity index (χ2n) is 8.01. The summed E-state index contributed by atoms with van der Waals surface area (Å²) in [6, 6.07) is 14.3. The number of amides is 1. The summed E-state index contributed by atoms with van der Waals surface area (Å²) >= 11 is 15.0. The first kappa shape index (κ1) is 24.1. The van der Waals surface area contributed by atoms with Crippen LogP contribution in [0.5, 0.6) is 0 Å². The summed E-state index contributed by atoms with van der Waals surface area (Å²) in [7, 11) is 0. The van der Waals surface area contributed by atoms with Crippen LogP contribution in [0.2, 0.25) is 10.0 Å². The predicted octanol–water partition coefficient (Wildman–Crippen LogP) is 5.88. The monoisotopic (exact) mass is 542 g/mol. The summed E-state index contributed by atoms with van der Waals surface area (Å²) in [6.07, 6.45) is 5.57. The van der Waals surface area contributed by atoms with E-state index in [1.54, 1.807) is 52.3 Å². The van der Waals surface area contributed by atoms with Crippen molar-refractivity contribution in [3.8, 4) is 5.69 Å². The van der Waals surface area contributed by atoms with Crippen molar-refractivity contribution in [3.63, 3.8) is 0 Å². The zero-order chi connectivity index (χ0) is 24.4. The molecular weight excluding hydrogens is 523 g/mol. The summed E-state index contributed by atoms with van der Waals surface area (Å²) in [5.41, 5.74) is 4.88. The van der Waals surface area contributed by atoms with Crippen molar-refractivity contribution in [2.75, 3.05) is 5.75 Å². The lowest BCUT2D eigenvalue weighted by molar-refractivity contribution is -0.118. The molecule has 0 saturated carbocycles. The highest BCUT2D eigenvalue weighted by molar-refractivity contribution is 7.99. The summed E-state index contributed by atoms with van der Waals surface area (Å²) < 4.78 is 1.57. The fourth-order valence-corrected chi connectivity index (χ4v) is 6.44. The topological polar surface area (TPSA) is 76.3 Å². The van der Waals surface area contributed by atoms with Crippen LogP contribution in [0, 0.1) is 0 Å². The van der Waals surface area contributed by atoms with Crippen LogP contribution >= 0.6 is 46.3 Å². The molecular formula is C25H20Cl2N4O2S2. The van der Waals surface area contributed by atoms with Crippen molar-refractivity contribution in [1.82, 2.24) is 15.0 Å². The van der Waals surface area contributed by atoms with E-state index < -0.39 is 0 Å². The standard InChI is InChI=1S/C25H20Cl2N4O2S2/c26-16-9-11-17(12-10-16)31-24(33)22-18-6-2-4-8-20(18)35-23(22)29-25(31)34-14-21(32)30-28-13-15-5-1-3-7-19(15)27/h1,3,5,7,9-13H,2,4,6,8,14H2,(H,30,32). The van der Waals surface area contributed by atoms with Crippen LogP contribution in [0.15, 0.2) is 63.6 Å². The Hall–Kier alpha value is -2.65. The first-order chi connectivity index (χ1) is 17.0. The molecule has 10 heteroatoms. The molecule has 0 spiro atoms. The number of carbonyl (C=O) groups excluding carboxylic acids is 1. The molecule has 35 heavy (non-hydrogen) atoms. The molecule has 6 nitrogen and oxygen atoms in total. The van der Waals surface area contributed by atoms with E-state index in [2.05, 4.69) is 10.5 Å². The Labute approximate surface area is 220 Å². The number of aryl methyl sites for hydroxylation is 2. The molecule has 2 aromatic carbocycles. The number of carbonyl (C=O) groups is 1. The van der Waals surface area contributed by atoms with E-state index in [0.717, 1.165) is 36.1 Å². The molecule has 5 rings (SSSR count). The fourth-order valence-electron chi connectivity index (χ4n) is 4.02. The molecule has 4 aromatic rings. The lowest BCUT2D eigenvalue weighted by atomic mass is 9.97. The molecule has 1 N–H and O–H groups in total. The largest absolute Gasteiger partial charge is 0.272 e. The molecule has 2 aromatic heterocycles. The number of thiophene rings is 1. The molecule has 178 valence electrons. The van der Waals surface area contributed by atoms with Crippen molar-refractivity contribution in [1.29, 1.82) is 0 Å². The highest BCUT2D eigenvalue weighted by Gasteiger charge is 2.23. The molecule has 1 aliphatic rings. The number of aromatic nitrogens is 2. The molecule has 0 bridgehead atoms. The minimum atomic E-state index is -0.319. The number of hydrazone groups is 1. The highest BCUT2D eigenvalue weighted by Crippen LogP contribution is 2.35. The van der Waals surface area contributed by atoms with E-state index in [1.807, 2.05) is 12.1 Å². The molecule has 1 aliphatic carbocycles. The second-order valence-corrected chi connectivity index (χ2v) is 10.9. The van der Waals surface area contributed by atoms with Crippen LogP contribution in [0.25, 0.3) is 15.9 Å². The smallest absolute Gasteiger partial charge is 0.267 e. The van der Waals surface area contributed by atoms with Crippen LogP contribution in [0.3, 0.4) is 0 Å². The van der Waals surface area contributed by atoms with E-state index >= 15 is 0 Å². The number of nitrogens with zero attached hydrogens (tertiary/aromatic N) is 3. The van der Waals surface area contributed by atoms with E-state index in [9.17, 15) is 9.59 Å². The summed E-state index contributed by atoms with van der Waals surface area (Å²) in [4.78, 5) is 33.0. The minimum Gasteiger partial charge on any atom is -0.272 e. The molecule has 0 atom stereocenters. The van der Waals surface area contributed by atoms with Gasteiger partial charge in [-0.3, -0.25) is 14.2 Å². The first-order valence-corrected chi connectivity index (χ1v) is 13.6. The third kappa shape index (κ3) is 5.16. The number of hydrogen-bond acceptors (Lipinski definition) is 6. The van der Waals surface area contributed by atoms with Gasteiger partial charge in [0.05, 0.1) is 23.0 Å². The van der Waals surface area contributed by atoms with Crippen LogP contribution in [-0.2, 0) is 17.6 Å². The Bertz CT molecular complexity index is 1500. The Balaban J connectivity index is 1.44. The zero-order valence-electron chi connectivity index (χ0n) is 18.5. The van der Waals surface area contributed by atoms with Crippen LogP contribution in [-0.4, -0.2) is 27.4 Å². The number of rotatable bonds is 6. The molecule has 0 saturated heterocycles. The highest BCUT2D eigenvalue weighted by atomic mass is 35.5. The van der Waals surface area contributed by atoms with E-state index in [4.69, 9.17) is 28.2 Å². The number of hydrogen-bond donors (Lipinski definition) is 1. The van der Waals surface area contributed by atoms with Crippen molar-refractivity contribution < 1.29 is 4.79 Å². The third-order valence-corrected chi connectivity index (χ3v) is 8.39. The fraction of sp³-hybridized carbons (Fsp3) is 0.200.